The van der Waals surface area contributed by atoms with E-state index in [-0.39, 0.29) is 0 Å². The minimum Gasteiger partial charge on any atom is -0.382 e. The van der Waals surface area contributed by atoms with Gasteiger partial charge >= 0.3 is 0 Å². The summed E-state index contributed by atoms with van der Waals surface area (Å²) in [6.07, 6.45) is 1.17. The number of nitrogens with one attached hydrogen (secondary N) is 1. The first-order valence-electron chi connectivity index (χ1n) is 5.36. The molecule has 3 heteroatoms. The topological polar surface area (TPSA) is 24.5 Å². The predicted octanol–water partition coefficient (Wildman–Crippen LogP) is 0.707. The van der Waals surface area contributed by atoms with Gasteiger partial charge in [-0.1, -0.05) is 0 Å². The standard InChI is InChI=1S/C10H22N2O/c1-3-13-8-4-6-12-7-5-11-10(2)9-12/h10-11H,3-9H2,1-2H3/t10-/m0/s1. The van der Waals surface area contributed by atoms with E-state index in [0.29, 0.717) is 6.04 Å². The maximum absolute atomic E-state index is 5.31. The Morgan fingerprint density at radius 2 is 2.38 bits per heavy atom. The first-order valence-corrected chi connectivity index (χ1v) is 5.36. The van der Waals surface area contributed by atoms with E-state index >= 15 is 0 Å². The molecule has 0 aromatic rings. The molecule has 0 aromatic heterocycles. The maximum atomic E-state index is 5.31. The van der Waals surface area contributed by atoms with Gasteiger partial charge in [-0.25, -0.2) is 0 Å². The van der Waals surface area contributed by atoms with Crippen LogP contribution < -0.4 is 5.32 Å². The molecule has 0 saturated carbocycles. The fourth-order valence-corrected chi connectivity index (χ4v) is 1.75. The number of piperazine rings is 1. The maximum Gasteiger partial charge on any atom is 0.0478 e. The SMILES string of the molecule is CCOCCCN1CCN[C@@H](C)C1. The highest BCUT2D eigenvalue weighted by molar-refractivity contribution is 4.74. The molecule has 1 atom stereocenters. The molecule has 1 heterocycles. The molecule has 1 fully saturated rings. The third-order valence-electron chi connectivity index (χ3n) is 2.42. The zero-order valence-electron chi connectivity index (χ0n) is 8.88. The molecule has 1 N–H and O–H groups in total. The van der Waals surface area contributed by atoms with Gasteiger partial charge in [0.1, 0.15) is 0 Å². The van der Waals surface area contributed by atoms with Gasteiger partial charge in [-0.05, 0) is 20.3 Å². The van der Waals surface area contributed by atoms with E-state index < -0.39 is 0 Å². The molecule has 0 radical (unpaired) electrons. The van der Waals surface area contributed by atoms with Crippen molar-refractivity contribution in [1.82, 2.24) is 10.2 Å². The molecule has 3 nitrogen and oxygen atoms in total. The quantitative estimate of drug-likeness (QED) is 0.640. The Hall–Kier alpha value is -0.120. The zero-order valence-corrected chi connectivity index (χ0v) is 8.88. The van der Waals surface area contributed by atoms with Crippen molar-refractivity contribution in [1.29, 1.82) is 0 Å². The Kier molecular flexibility index (Phi) is 5.35. The number of nitrogens with zero attached hydrogens (tertiary/aromatic N) is 1. The van der Waals surface area contributed by atoms with Crippen LogP contribution in [0.5, 0.6) is 0 Å². The van der Waals surface area contributed by atoms with E-state index in [4.69, 9.17) is 4.74 Å². The van der Waals surface area contributed by atoms with E-state index in [2.05, 4.69) is 17.1 Å². The lowest BCUT2D eigenvalue weighted by molar-refractivity contribution is 0.124. The van der Waals surface area contributed by atoms with Gasteiger partial charge in [0.25, 0.3) is 0 Å². The first kappa shape index (κ1) is 11.0. The summed E-state index contributed by atoms with van der Waals surface area (Å²) < 4.78 is 5.31. The molecule has 0 unspecified atom stereocenters. The number of ether oxygens (including phenoxy) is 1. The highest BCUT2D eigenvalue weighted by Crippen LogP contribution is 1.99. The van der Waals surface area contributed by atoms with E-state index in [9.17, 15) is 0 Å². The minimum atomic E-state index is 0.654. The van der Waals surface area contributed by atoms with Crippen LogP contribution in [-0.4, -0.2) is 50.3 Å². The Balaban J connectivity index is 2.00. The van der Waals surface area contributed by atoms with E-state index in [1.807, 2.05) is 6.92 Å². The van der Waals surface area contributed by atoms with Crippen molar-refractivity contribution in [3.8, 4) is 0 Å². The highest BCUT2D eigenvalue weighted by atomic mass is 16.5. The highest BCUT2D eigenvalue weighted by Gasteiger charge is 2.14. The lowest BCUT2D eigenvalue weighted by Crippen LogP contribution is -2.49. The number of hydrogen-bond acceptors (Lipinski definition) is 3. The van der Waals surface area contributed by atoms with Crippen LogP contribution in [0.25, 0.3) is 0 Å². The van der Waals surface area contributed by atoms with Crippen molar-refractivity contribution in [3.63, 3.8) is 0 Å². The molecule has 1 aliphatic heterocycles. The molecule has 0 aliphatic carbocycles. The molecule has 0 spiro atoms. The van der Waals surface area contributed by atoms with Crippen LogP contribution >= 0.6 is 0 Å². The summed E-state index contributed by atoms with van der Waals surface area (Å²) in [6.45, 7) is 10.7. The van der Waals surface area contributed by atoms with Gasteiger partial charge in [0, 0.05) is 45.4 Å². The molecule has 1 aliphatic rings. The fraction of sp³-hybridized carbons (Fsp3) is 1.00. The fourth-order valence-electron chi connectivity index (χ4n) is 1.75. The van der Waals surface area contributed by atoms with Crippen molar-refractivity contribution in [2.24, 2.45) is 0 Å². The lowest BCUT2D eigenvalue weighted by atomic mass is 10.2. The molecule has 0 aromatic carbocycles. The van der Waals surface area contributed by atoms with Crippen LogP contribution in [0.15, 0.2) is 0 Å². The molecule has 0 bridgehead atoms. The van der Waals surface area contributed by atoms with Crippen molar-refractivity contribution in [2.45, 2.75) is 26.3 Å². The summed E-state index contributed by atoms with van der Waals surface area (Å²) in [6, 6.07) is 0.654. The average molecular weight is 186 g/mol. The van der Waals surface area contributed by atoms with Crippen LogP contribution in [0.2, 0.25) is 0 Å². The smallest absolute Gasteiger partial charge is 0.0478 e. The Morgan fingerprint density at radius 1 is 1.54 bits per heavy atom. The molecule has 1 rings (SSSR count). The van der Waals surface area contributed by atoms with Gasteiger partial charge in [-0.3, -0.25) is 0 Å². The zero-order chi connectivity index (χ0) is 9.52. The van der Waals surface area contributed by atoms with Gasteiger partial charge in [0.15, 0.2) is 0 Å². The summed E-state index contributed by atoms with van der Waals surface area (Å²) in [5.41, 5.74) is 0. The number of rotatable bonds is 5. The van der Waals surface area contributed by atoms with Crippen molar-refractivity contribution in [3.05, 3.63) is 0 Å². The monoisotopic (exact) mass is 186 g/mol. The van der Waals surface area contributed by atoms with Crippen LogP contribution in [0, 0.1) is 0 Å². The Morgan fingerprint density at radius 3 is 3.08 bits per heavy atom. The largest absolute Gasteiger partial charge is 0.382 e. The number of hydrogen-bond donors (Lipinski definition) is 1. The van der Waals surface area contributed by atoms with Gasteiger partial charge in [0.05, 0.1) is 0 Å². The molecule has 13 heavy (non-hydrogen) atoms. The second-order valence-corrected chi connectivity index (χ2v) is 3.71. The Labute approximate surface area is 81.4 Å². The van der Waals surface area contributed by atoms with Crippen molar-refractivity contribution >= 4 is 0 Å². The molecule has 1 saturated heterocycles. The lowest BCUT2D eigenvalue weighted by Gasteiger charge is -2.31. The third kappa shape index (κ3) is 4.60. The first-order chi connectivity index (χ1) is 6.33. The summed E-state index contributed by atoms with van der Waals surface area (Å²) in [7, 11) is 0. The molecule has 0 amide bonds. The summed E-state index contributed by atoms with van der Waals surface area (Å²) >= 11 is 0. The summed E-state index contributed by atoms with van der Waals surface area (Å²) in [4.78, 5) is 2.51. The van der Waals surface area contributed by atoms with Crippen LogP contribution in [0.4, 0.5) is 0 Å². The summed E-state index contributed by atoms with van der Waals surface area (Å²) in [5, 5.41) is 3.44. The third-order valence-corrected chi connectivity index (χ3v) is 2.42. The van der Waals surface area contributed by atoms with E-state index in [0.717, 1.165) is 19.8 Å². The van der Waals surface area contributed by atoms with Crippen LogP contribution in [0.3, 0.4) is 0 Å². The normalized spacial score (nSPS) is 24.9. The van der Waals surface area contributed by atoms with Crippen LogP contribution in [0.1, 0.15) is 20.3 Å². The van der Waals surface area contributed by atoms with E-state index in [1.165, 1.54) is 26.1 Å². The minimum absolute atomic E-state index is 0.654. The second-order valence-electron chi connectivity index (χ2n) is 3.71. The van der Waals surface area contributed by atoms with Gasteiger partial charge in [-0.2, -0.15) is 0 Å². The molecular formula is C10H22N2O. The van der Waals surface area contributed by atoms with Crippen LogP contribution in [-0.2, 0) is 4.74 Å². The second kappa shape index (κ2) is 6.35. The van der Waals surface area contributed by atoms with Gasteiger partial charge in [-0.15, -0.1) is 0 Å². The Bertz CT molecular complexity index is 130. The summed E-state index contributed by atoms with van der Waals surface area (Å²) in [5.74, 6) is 0. The van der Waals surface area contributed by atoms with Crippen molar-refractivity contribution < 1.29 is 4.74 Å². The molecule has 78 valence electrons. The van der Waals surface area contributed by atoms with Gasteiger partial charge in [0.2, 0.25) is 0 Å². The van der Waals surface area contributed by atoms with Gasteiger partial charge < -0.3 is 15.0 Å². The average Bonchev–Trinajstić information content (AvgIpc) is 2.13. The molecular weight excluding hydrogens is 164 g/mol. The van der Waals surface area contributed by atoms with Crippen molar-refractivity contribution in [2.75, 3.05) is 39.4 Å². The van der Waals surface area contributed by atoms with E-state index in [1.54, 1.807) is 0 Å². The predicted molar refractivity (Wildman–Crippen MR) is 55.0 cm³/mol.